The van der Waals surface area contributed by atoms with Gasteiger partial charge in [-0.2, -0.15) is 0 Å². The average molecular weight is 388 g/mol. The molecule has 0 radical (unpaired) electrons. The van der Waals surface area contributed by atoms with Gasteiger partial charge in [0.25, 0.3) is 0 Å². The summed E-state index contributed by atoms with van der Waals surface area (Å²) in [6.45, 7) is 2.17. The number of piperidine rings is 1. The maximum Gasteiger partial charge on any atom is 0.211 e. The Balaban J connectivity index is 1.41. The van der Waals surface area contributed by atoms with Crippen molar-refractivity contribution in [2.75, 3.05) is 23.7 Å². The Bertz CT molecular complexity index is 918. The third-order valence-corrected chi connectivity index (χ3v) is 7.58. The summed E-state index contributed by atoms with van der Waals surface area (Å²) in [5.74, 6) is 0.992. The number of rotatable bonds is 3. The van der Waals surface area contributed by atoms with E-state index >= 15 is 0 Å². The number of anilines is 2. The van der Waals surface area contributed by atoms with Crippen molar-refractivity contribution in [2.45, 2.75) is 47.8 Å². The monoisotopic (exact) mass is 387 g/mol. The SMILES string of the molecule is Nc1nnc(Sc2cnc(N3CCC4(CCCC4)CC3)n3ccnc23)s1. The summed E-state index contributed by atoms with van der Waals surface area (Å²) in [7, 11) is 0. The van der Waals surface area contributed by atoms with Crippen molar-refractivity contribution in [1.82, 2.24) is 24.6 Å². The molecular formula is C17H21N7S2. The highest BCUT2D eigenvalue weighted by Gasteiger charge is 2.37. The van der Waals surface area contributed by atoms with Crippen molar-refractivity contribution in [3.05, 3.63) is 18.6 Å². The lowest BCUT2D eigenvalue weighted by atomic mass is 9.77. The highest BCUT2D eigenvalue weighted by molar-refractivity contribution is 8.01. The van der Waals surface area contributed by atoms with Crippen LogP contribution in [-0.2, 0) is 0 Å². The van der Waals surface area contributed by atoms with E-state index in [0.717, 1.165) is 33.9 Å². The molecular weight excluding hydrogens is 366 g/mol. The van der Waals surface area contributed by atoms with Crippen molar-refractivity contribution in [2.24, 2.45) is 5.41 Å². The first kappa shape index (κ1) is 16.3. The molecule has 3 aromatic heterocycles. The topological polar surface area (TPSA) is 85.2 Å². The van der Waals surface area contributed by atoms with E-state index in [4.69, 9.17) is 10.7 Å². The number of hydrogen-bond acceptors (Lipinski definition) is 8. The van der Waals surface area contributed by atoms with Crippen LogP contribution in [-0.4, -0.2) is 37.7 Å². The smallest absolute Gasteiger partial charge is 0.211 e. The quantitative estimate of drug-likeness (QED) is 0.736. The predicted octanol–water partition coefficient (Wildman–Crippen LogP) is 3.47. The van der Waals surface area contributed by atoms with Crippen LogP contribution in [0, 0.1) is 5.41 Å². The van der Waals surface area contributed by atoms with E-state index in [-0.39, 0.29) is 0 Å². The normalized spacial score (nSPS) is 19.6. The summed E-state index contributed by atoms with van der Waals surface area (Å²) in [5, 5.41) is 8.44. The number of nitrogens with zero attached hydrogens (tertiary/aromatic N) is 6. The second-order valence-electron chi connectivity index (χ2n) is 7.25. The third kappa shape index (κ3) is 2.83. The lowest BCUT2D eigenvalue weighted by Crippen LogP contribution is -2.40. The van der Waals surface area contributed by atoms with Crippen molar-refractivity contribution >= 4 is 39.8 Å². The van der Waals surface area contributed by atoms with E-state index in [1.165, 1.54) is 61.6 Å². The number of fused-ring (bicyclic) bond motifs is 1. The lowest BCUT2D eigenvalue weighted by Gasteiger charge is -2.39. The Morgan fingerprint density at radius 2 is 1.88 bits per heavy atom. The highest BCUT2D eigenvalue weighted by Crippen LogP contribution is 2.46. The first-order chi connectivity index (χ1) is 12.7. The van der Waals surface area contributed by atoms with E-state index in [1.807, 2.05) is 18.6 Å². The molecule has 136 valence electrons. The zero-order valence-electron chi connectivity index (χ0n) is 14.5. The Morgan fingerprint density at radius 3 is 2.62 bits per heavy atom. The molecule has 26 heavy (non-hydrogen) atoms. The van der Waals surface area contributed by atoms with Crippen LogP contribution in [0.2, 0.25) is 0 Å². The number of nitrogens with two attached hydrogens (primary N) is 1. The zero-order valence-corrected chi connectivity index (χ0v) is 16.1. The van der Waals surface area contributed by atoms with E-state index in [9.17, 15) is 0 Å². The van der Waals surface area contributed by atoms with Crippen LogP contribution < -0.4 is 10.6 Å². The van der Waals surface area contributed by atoms with E-state index in [2.05, 4.69) is 24.5 Å². The lowest BCUT2D eigenvalue weighted by molar-refractivity contribution is 0.225. The Hall–Kier alpha value is -1.87. The second kappa shape index (κ2) is 6.38. The van der Waals surface area contributed by atoms with Crippen LogP contribution in [0.1, 0.15) is 38.5 Å². The first-order valence-corrected chi connectivity index (χ1v) is 10.7. The Labute approximate surface area is 160 Å². The molecule has 1 aliphatic carbocycles. The van der Waals surface area contributed by atoms with E-state index in [0.29, 0.717) is 10.5 Å². The zero-order chi connectivity index (χ0) is 17.6. The molecule has 7 nitrogen and oxygen atoms in total. The number of hydrogen-bond donors (Lipinski definition) is 1. The fraction of sp³-hybridized carbons (Fsp3) is 0.529. The van der Waals surface area contributed by atoms with Crippen molar-refractivity contribution in [3.63, 3.8) is 0 Å². The molecule has 9 heteroatoms. The van der Waals surface area contributed by atoms with Crippen molar-refractivity contribution in [3.8, 4) is 0 Å². The van der Waals surface area contributed by atoms with Gasteiger partial charge in [-0.3, -0.25) is 4.40 Å². The fourth-order valence-corrected chi connectivity index (χ4v) is 6.00. The molecule has 2 aliphatic rings. The molecule has 5 rings (SSSR count). The molecule has 1 saturated heterocycles. The molecule has 0 aromatic carbocycles. The van der Waals surface area contributed by atoms with Crippen LogP contribution >= 0.6 is 23.1 Å². The van der Waals surface area contributed by atoms with Gasteiger partial charge in [-0.25, -0.2) is 9.97 Å². The molecule has 0 unspecified atom stereocenters. The molecule has 1 saturated carbocycles. The van der Waals surface area contributed by atoms with Crippen molar-refractivity contribution in [1.29, 1.82) is 0 Å². The largest absolute Gasteiger partial charge is 0.374 e. The number of nitrogen functional groups attached to an aromatic ring is 1. The standard InChI is InChI=1S/C17H21N7S2/c18-14-21-22-16(26-14)25-12-11-20-15(24-10-7-19-13(12)24)23-8-5-17(6-9-23)3-1-2-4-17/h7,10-11H,1-6,8-9H2,(H2,18,21). The molecule has 4 heterocycles. The summed E-state index contributed by atoms with van der Waals surface area (Å²) in [4.78, 5) is 12.7. The fourth-order valence-electron chi connectivity index (χ4n) is 4.35. The summed E-state index contributed by atoms with van der Waals surface area (Å²) < 4.78 is 2.91. The van der Waals surface area contributed by atoms with Gasteiger partial charge in [-0.05, 0) is 31.1 Å². The Kier molecular flexibility index (Phi) is 4.00. The van der Waals surface area contributed by atoms with Crippen LogP contribution in [0.25, 0.3) is 5.65 Å². The van der Waals surface area contributed by atoms with Crippen LogP contribution in [0.5, 0.6) is 0 Å². The minimum absolute atomic E-state index is 0.477. The van der Waals surface area contributed by atoms with Gasteiger partial charge >= 0.3 is 0 Å². The van der Waals surface area contributed by atoms with Gasteiger partial charge < -0.3 is 10.6 Å². The molecule has 3 aromatic rings. The maximum absolute atomic E-state index is 5.68. The molecule has 0 bridgehead atoms. The summed E-state index contributed by atoms with van der Waals surface area (Å²) >= 11 is 2.89. The van der Waals surface area contributed by atoms with E-state index < -0.39 is 0 Å². The Morgan fingerprint density at radius 1 is 1.08 bits per heavy atom. The number of aromatic nitrogens is 5. The molecule has 2 N–H and O–H groups in total. The van der Waals surface area contributed by atoms with Gasteiger partial charge in [0.2, 0.25) is 11.1 Å². The van der Waals surface area contributed by atoms with Gasteiger partial charge in [-0.15, -0.1) is 10.2 Å². The van der Waals surface area contributed by atoms with Gasteiger partial charge in [0.15, 0.2) is 9.99 Å². The maximum atomic E-state index is 5.68. The van der Waals surface area contributed by atoms with Crippen LogP contribution in [0.4, 0.5) is 11.1 Å². The van der Waals surface area contributed by atoms with Gasteiger partial charge in [-0.1, -0.05) is 35.9 Å². The molecule has 1 aliphatic heterocycles. The summed E-state index contributed by atoms with van der Waals surface area (Å²) in [5.41, 5.74) is 7.21. The van der Waals surface area contributed by atoms with Gasteiger partial charge in [0, 0.05) is 31.7 Å². The summed E-state index contributed by atoms with van der Waals surface area (Å²) in [6, 6.07) is 0. The number of imidazole rings is 1. The van der Waals surface area contributed by atoms with Crippen molar-refractivity contribution < 1.29 is 0 Å². The van der Waals surface area contributed by atoms with Gasteiger partial charge in [0.05, 0.1) is 4.90 Å². The third-order valence-electron chi connectivity index (χ3n) is 5.76. The predicted molar refractivity (Wildman–Crippen MR) is 104 cm³/mol. The second-order valence-corrected chi connectivity index (χ2v) is 9.54. The average Bonchev–Trinajstić information content (AvgIpc) is 3.38. The van der Waals surface area contributed by atoms with Crippen LogP contribution in [0.3, 0.4) is 0 Å². The van der Waals surface area contributed by atoms with Gasteiger partial charge in [0.1, 0.15) is 0 Å². The van der Waals surface area contributed by atoms with Crippen LogP contribution in [0.15, 0.2) is 27.8 Å². The minimum atomic E-state index is 0.477. The first-order valence-electron chi connectivity index (χ1n) is 9.06. The molecule has 0 atom stereocenters. The molecule has 1 spiro atoms. The molecule has 2 fully saturated rings. The summed E-state index contributed by atoms with van der Waals surface area (Å²) in [6.07, 6.45) is 13.9. The molecule has 0 amide bonds. The van der Waals surface area contributed by atoms with E-state index in [1.54, 1.807) is 0 Å². The highest BCUT2D eigenvalue weighted by atomic mass is 32.2. The minimum Gasteiger partial charge on any atom is -0.374 e.